The first kappa shape index (κ1) is 20.7. The molecule has 8 heteroatoms. The summed E-state index contributed by atoms with van der Waals surface area (Å²) in [5, 5.41) is 2.71. The van der Waals surface area contributed by atoms with Crippen LogP contribution in [0.2, 0.25) is 0 Å². The number of amides is 1. The molecule has 0 heterocycles. The fourth-order valence-electron chi connectivity index (χ4n) is 2.33. The first-order valence-corrected chi connectivity index (χ1v) is 10.4. The largest absolute Gasteiger partial charge is 0.484 e. The van der Waals surface area contributed by atoms with E-state index in [2.05, 4.69) is 5.32 Å². The van der Waals surface area contributed by atoms with E-state index in [1.165, 1.54) is 16.4 Å². The van der Waals surface area contributed by atoms with Crippen molar-refractivity contribution in [1.29, 1.82) is 0 Å². The van der Waals surface area contributed by atoms with Crippen LogP contribution < -0.4 is 14.4 Å². The van der Waals surface area contributed by atoms with Gasteiger partial charge in [0.25, 0.3) is 5.91 Å². The summed E-state index contributed by atoms with van der Waals surface area (Å²) in [5.41, 5.74) is 1.11. The molecule has 0 fully saturated rings. The van der Waals surface area contributed by atoms with Gasteiger partial charge in [-0.05, 0) is 48.4 Å². The van der Waals surface area contributed by atoms with Crippen LogP contribution in [-0.2, 0) is 21.4 Å². The number of hydrogen-bond donors (Lipinski definition) is 1. The smallest absolute Gasteiger partial charge is 0.257 e. The maximum Gasteiger partial charge on any atom is 0.257 e. The Hall–Kier alpha value is -2.61. The maximum absolute atomic E-state index is 13.0. The third kappa shape index (κ3) is 6.56. The van der Waals surface area contributed by atoms with Crippen LogP contribution in [0.1, 0.15) is 18.9 Å². The Bertz CT molecular complexity index is 852. The fourth-order valence-corrected chi connectivity index (χ4v) is 3.22. The highest BCUT2D eigenvalue weighted by atomic mass is 32.2. The van der Waals surface area contributed by atoms with E-state index in [1.54, 1.807) is 36.4 Å². The third-order valence-electron chi connectivity index (χ3n) is 3.71. The van der Waals surface area contributed by atoms with Gasteiger partial charge >= 0.3 is 0 Å². The summed E-state index contributed by atoms with van der Waals surface area (Å²) in [6, 6.07) is 12.1. The number of nitrogens with zero attached hydrogens (tertiary/aromatic N) is 1. The van der Waals surface area contributed by atoms with Gasteiger partial charge in [-0.15, -0.1) is 0 Å². The molecule has 0 unspecified atom stereocenters. The van der Waals surface area contributed by atoms with Gasteiger partial charge in [0.1, 0.15) is 11.6 Å². The van der Waals surface area contributed by atoms with E-state index in [4.69, 9.17) is 4.74 Å². The zero-order chi connectivity index (χ0) is 19.9. The van der Waals surface area contributed by atoms with Gasteiger partial charge in [0.05, 0.1) is 18.5 Å². The minimum atomic E-state index is -3.54. The summed E-state index contributed by atoms with van der Waals surface area (Å²) < 4.78 is 44.0. The van der Waals surface area contributed by atoms with Gasteiger partial charge in [-0.3, -0.25) is 9.10 Å². The van der Waals surface area contributed by atoms with E-state index in [1.807, 2.05) is 6.92 Å². The number of ether oxygens (including phenoxy) is 1. The molecular formula is C19H23FN2O4S. The van der Waals surface area contributed by atoms with Crippen molar-refractivity contribution in [3.05, 3.63) is 59.9 Å². The Morgan fingerprint density at radius 2 is 1.74 bits per heavy atom. The van der Waals surface area contributed by atoms with E-state index >= 15 is 0 Å². The molecule has 0 saturated carbocycles. The Morgan fingerprint density at radius 1 is 1.11 bits per heavy atom. The van der Waals surface area contributed by atoms with Crippen LogP contribution in [0.5, 0.6) is 5.75 Å². The van der Waals surface area contributed by atoms with E-state index in [0.29, 0.717) is 23.5 Å². The Labute approximate surface area is 159 Å². The predicted molar refractivity (Wildman–Crippen MR) is 103 cm³/mol. The molecule has 0 radical (unpaired) electrons. The quantitative estimate of drug-likeness (QED) is 0.710. The van der Waals surface area contributed by atoms with Crippen molar-refractivity contribution in [2.75, 3.05) is 23.7 Å². The molecule has 27 heavy (non-hydrogen) atoms. The van der Waals surface area contributed by atoms with Crippen LogP contribution in [0.15, 0.2) is 48.5 Å². The lowest BCUT2D eigenvalue weighted by atomic mass is 10.2. The number of rotatable bonds is 9. The van der Waals surface area contributed by atoms with Crippen molar-refractivity contribution in [3.63, 3.8) is 0 Å². The summed E-state index contributed by atoms with van der Waals surface area (Å²) in [7, 11) is -3.54. The first-order chi connectivity index (χ1) is 12.8. The molecule has 2 aromatic carbocycles. The summed E-state index contributed by atoms with van der Waals surface area (Å²) in [4.78, 5) is 11.6. The van der Waals surface area contributed by atoms with Gasteiger partial charge in [-0.1, -0.05) is 19.1 Å². The molecule has 146 valence electrons. The molecule has 1 amide bonds. The molecule has 6 nitrogen and oxygen atoms in total. The highest BCUT2D eigenvalue weighted by Crippen LogP contribution is 2.23. The lowest BCUT2D eigenvalue weighted by Crippen LogP contribution is -2.29. The number of benzene rings is 2. The SMILES string of the molecule is CCCNC(=O)COc1ccc(N(Cc2ccc(F)cc2)S(C)(=O)=O)cc1. The van der Waals surface area contributed by atoms with Gasteiger partial charge in [-0.2, -0.15) is 0 Å². The number of sulfonamides is 1. The zero-order valence-electron chi connectivity index (χ0n) is 15.3. The highest BCUT2D eigenvalue weighted by molar-refractivity contribution is 7.92. The topological polar surface area (TPSA) is 75.7 Å². The van der Waals surface area contributed by atoms with Gasteiger partial charge in [0.2, 0.25) is 10.0 Å². The molecule has 0 aliphatic rings. The molecule has 0 atom stereocenters. The maximum atomic E-state index is 13.0. The molecule has 2 rings (SSSR count). The van der Waals surface area contributed by atoms with Crippen molar-refractivity contribution in [2.24, 2.45) is 0 Å². The minimum Gasteiger partial charge on any atom is -0.484 e. The van der Waals surface area contributed by atoms with E-state index in [9.17, 15) is 17.6 Å². The molecular weight excluding hydrogens is 371 g/mol. The summed E-state index contributed by atoms with van der Waals surface area (Å²) >= 11 is 0. The van der Waals surface area contributed by atoms with Crippen molar-refractivity contribution >= 4 is 21.6 Å². The van der Waals surface area contributed by atoms with Crippen LogP contribution in [-0.4, -0.2) is 33.7 Å². The minimum absolute atomic E-state index is 0.0821. The average Bonchev–Trinajstić information content (AvgIpc) is 2.64. The molecule has 0 aliphatic carbocycles. The number of nitrogens with one attached hydrogen (secondary N) is 1. The monoisotopic (exact) mass is 394 g/mol. The van der Waals surface area contributed by atoms with Gasteiger partial charge in [-0.25, -0.2) is 12.8 Å². The number of carbonyl (C=O) groups is 1. The Kier molecular flexibility index (Phi) is 7.18. The van der Waals surface area contributed by atoms with Gasteiger partial charge < -0.3 is 10.1 Å². The van der Waals surface area contributed by atoms with Crippen LogP contribution in [0, 0.1) is 5.82 Å². The second-order valence-corrected chi connectivity index (χ2v) is 7.94. The molecule has 0 saturated heterocycles. The molecule has 0 aromatic heterocycles. The van der Waals surface area contributed by atoms with Crippen molar-refractivity contribution in [2.45, 2.75) is 19.9 Å². The van der Waals surface area contributed by atoms with Crippen molar-refractivity contribution in [3.8, 4) is 5.75 Å². The highest BCUT2D eigenvalue weighted by Gasteiger charge is 2.18. The van der Waals surface area contributed by atoms with Crippen LogP contribution in [0.3, 0.4) is 0 Å². The summed E-state index contributed by atoms with van der Waals surface area (Å²) in [6.07, 6.45) is 1.95. The van der Waals surface area contributed by atoms with Crippen LogP contribution in [0.4, 0.5) is 10.1 Å². The third-order valence-corrected chi connectivity index (χ3v) is 4.85. The lowest BCUT2D eigenvalue weighted by molar-refractivity contribution is -0.123. The number of carbonyl (C=O) groups excluding carboxylic acids is 1. The van der Waals surface area contributed by atoms with Gasteiger partial charge in [0, 0.05) is 6.54 Å². The predicted octanol–water partition coefficient (Wildman–Crippen LogP) is 2.70. The number of anilines is 1. The number of halogens is 1. The van der Waals surface area contributed by atoms with Crippen molar-refractivity contribution in [1.82, 2.24) is 5.32 Å². The van der Waals surface area contributed by atoms with Crippen molar-refractivity contribution < 1.29 is 22.3 Å². The lowest BCUT2D eigenvalue weighted by Gasteiger charge is -2.22. The van der Waals surface area contributed by atoms with Crippen LogP contribution in [0.25, 0.3) is 0 Å². The van der Waals surface area contributed by atoms with E-state index in [-0.39, 0.29) is 24.9 Å². The molecule has 0 spiro atoms. The second kappa shape index (κ2) is 9.36. The zero-order valence-corrected chi connectivity index (χ0v) is 16.1. The molecule has 0 bridgehead atoms. The Morgan fingerprint density at radius 3 is 2.30 bits per heavy atom. The molecule has 1 N–H and O–H groups in total. The molecule has 2 aromatic rings. The average molecular weight is 394 g/mol. The fraction of sp³-hybridized carbons (Fsp3) is 0.316. The summed E-state index contributed by atoms with van der Waals surface area (Å²) in [6.45, 7) is 2.52. The first-order valence-electron chi connectivity index (χ1n) is 8.51. The van der Waals surface area contributed by atoms with E-state index in [0.717, 1.165) is 12.7 Å². The van der Waals surface area contributed by atoms with Crippen LogP contribution >= 0.6 is 0 Å². The van der Waals surface area contributed by atoms with Gasteiger partial charge in [0.15, 0.2) is 6.61 Å². The normalized spacial score (nSPS) is 11.1. The standard InChI is InChI=1S/C19H23FN2O4S/c1-3-12-21-19(23)14-26-18-10-8-17(9-11-18)22(27(2,24)25)13-15-4-6-16(20)7-5-15/h4-11H,3,12-14H2,1-2H3,(H,21,23). The Balaban J connectivity index is 2.08. The van der Waals surface area contributed by atoms with E-state index < -0.39 is 10.0 Å². The summed E-state index contributed by atoms with van der Waals surface area (Å²) in [5.74, 6) is -0.134. The second-order valence-electron chi connectivity index (χ2n) is 6.03. The number of hydrogen-bond acceptors (Lipinski definition) is 4. The molecule has 0 aliphatic heterocycles.